The molecule has 0 amide bonds. The van der Waals surface area contributed by atoms with Crippen LogP contribution in [0.5, 0.6) is 0 Å². The minimum absolute atomic E-state index is 0.0647. The summed E-state index contributed by atoms with van der Waals surface area (Å²) in [6.07, 6.45) is 0. The summed E-state index contributed by atoms with van der Waals surface area (Å²) in [5.41, 5.74) is 3.32. The average Bonchev–Trinajstić information content (AvgIpc) is 3.58. The summed E-state index contributed by atoms with van der Waals surface area (Å²) in [6.45, 7) is 0. The highest BCUT2D eigenvalue weighted by molar-refractivity contribution is 6.17. The van der Waals surface area contributed by atoms with Crippen molar-refractivity contribution in [1.29, 1.82) is 0 Å². The van der Waals surface area contributed by atoms with E-state index in [9.17, 15) is 5.48 Å². The van der Waals surface area contributed by atoms with Gasteiger partial charge < -0.3 is 9.32 Å². The van der Waals surface area contributed by atoms with Gasteiger partial charge in [-0.3, -0.25) is 0 Å². The van der Waals surface area contributed by atoms with E-state index < -0.39 is 59.9 Å². The Morgan fingerprint density at radius 3 is 1.93 bits per heavy atom. The molecule has 9 aromatic rings. The van der Waals surface area contributed by atoms with Gasteiger partial charge in [-0.15, -0.1) is 0 Å². The minimum atomic E-state index is -0.628. The van der Waals surface area contributed by atoms with Crippen LogP contribution in [0, 0.1) is 0 Å². The third-order valence-electron chi connectivity index (χ3n) is 8.39. The zero-order valence-electron chi connectivity index (χ0n) is 33.4. The van der Waals surface area contributed by atoms with Crippen molar-refractivity contribution in [1.82, 2.24) is 0 Å². The number of hydrogen-bond donors (Lipinski definition) is 0. The number of benzene rings is 8. The van der Waals surface area contributed by atoms with Gasteiger partial charge in [0, 0.05) is 27.4 Å². The molecule has 0 radical (unpaired) electrons. The fourth-order valence-electron chi connectivity index (χ4n) is 6.32. The molecule has 9 rings (SSSR count). The van der Waals surface area contributed by atoms with Crippen molar-refractivity contribution in [3.63, 3.8) is 0 Å². The van der Waals surface area contributed by atoms with Gasteiger partial charge in [-0.25, -0.2) is 0 Å². The summed E-state index contributed by atoms with van der Waals surface area (Å²) >= 11 is 0. The monoisotopic (exact) mass is 596 g/mol. The standard InChI is InChI=1S/C44H29NO/c1-2-12-30(13-3-1)31-24-26-35(27-25-31)45(40-22-10-17-32-14-6-7-18-36(32)40)41-21-9-8-19-37(41)38-20-11-23-42-44(38)39-28-33-15-4-5-16-34(33)29-43(39)46-42/h1-29H/i1D,2D,3D,12D,13D,24D,25D,26D,27D. The molecule has 8 aromatic carbocycles. The zero-order valence-corrected chi connectivity index (χ0v) is 24.4. The Kier molecular flexibility index (Phi) is 4.37. The molecule has 1 aromatic heterocycles. The molecule has 0 saturated carbocycles. The highest BCUT2D eigenvalue weighted by atomic mass is 16.3. The SMILES string of the molecule is [2H]c1c([2H])c([2H])c(-c2c([2H])c([2H])c(N(c3ccccc3-c3cccc4oc5cc6ccccc6cc5c34)c3cccc4ccccc34)c([2H])c2[2H])c([2H])c1[2H]. The molecule has 0 atom stereocenters. The molecule has 0 spiro atoms. The Bertz CT molecular complexity index is 3000. The predicted molar refractivity (Wildman–Crippen MR) is 194 cm³/mol. The largest absolute Gasteiger partial charge is 0.456 e. The van der Waals surface area contributed by atoms with E-state index in [0.29, 0.717) is 17.0 Å². The molecule has 0 saturated heterocycles. The van der Waals surface area contributed by atoms with E-state index in [1.54, 1.807) is 4.90 Å². The number of furan rings is 1. The maximum atomic E-state index is 9.52. The van der Waals surface area contributed by atoms with E-state index in [2.05, 4.69) is 12.1 Å². The molecule has 0 unspecified atom stereocenters. The normalized spacial score (nSPS) is 14.2. The average molecular weight is 597 g/mol. The number of rotatable bonds is 5. The Morgan fingerprint density at radius 2 is 1.09 bits per heavy atom. The molecular weight excluding hydrogens is 558 g/mol. The smallest absolute Gasteiger partial charge is 0.136 e. The number of fused-ring (bicyclic) bond motifs is 5. The van der Waals surface area contributed by atoms with E-state index in [1.807, 2.05) is 109 Å². The molecule has 2 nitrogen and oxygen atoms in total. The first-order chi connectivity index (χ1) is 26.6. The lowest BCUT2D eigenvalue weighted by molar-refractivity contribution is 0.669. The molecule has 0 fully saturated rings. The minimum Gasteiger partial charge on any atom is -0.456 e. The Morgan fingerprint density at radius 1 is 0.457 bits per heavy atom. The van der Waals surface area contributed by atoms with E-state index in [0.717, 1.165) is 49.0 Å². The van der Waals surface area contributed by atoms with Crippen LogP contribution in [0.3, 0.4) is 0 Å². The molecule has 46 heavy (non-hydrogen) atoms. The summed E-state index contributed by atoms with van der Waals surface area (Å²) < 4.78 is 85.8. The number of hydrogen-bond acceptors (Lipinski definition) is 2. The molecule has 0 bridgehead atoms. The highest BCUT2D eigenvalue weighted by Gasteiger charge is 2.21. The molecule has 216 valence electrons. The second-order valence-electron chi connectivity index (χ2n) is 11.1. The molecule has 2 heteroatoms. The molecule has 0 aliphatic carbocycles. The van der Waals surface area contributed by atoms with Crippen molar-refractivity contribution >= 4 is 60.5 Å². The summed E-state index contributed by atoms with van der Waals surface area (Å²) in [6, 6.07) is 34.1. The van der Waals surface area contributed by atoms with Crippen molar-refractivity contribution in [2.75, 3.05) is 4.90 Å². The number of para-hydroxylation sites is 1. The first-order valence-electron chi connectivity index (χ1n) is 19.5. The van der Waals surface area contributed by atoms with E-state index in [4.69, 9.17) is 11.3 Å². The van der Waals surface area contributed by atoms with E-state index >= 15 is 0 Å². The van der Waals surface area contributed by atoms with Gasteiger partial charge >= 0.3 is 0 Å². The molecular formula is C44H29NO. The zero-order chi connectivity index (χ0) is 38.3. The van der Waals surface area contributed by atoms with Crippen molar-refractivity contribution < 1.29 is 16.8 Å². The quantitative estimate of drug-likeness (QED) is 0.196. The van der Waals surface area contributed by atoms with Crippen LogP contribution >= 0.6 is 0 Å². The highest BCUT2D eigenvalue weighted by Crippen LogP contribution is 2.46. The number of nitrogens with zero attached hydrogens (tertiary/aromatic N) is 1. The van der Waals surface area contributed by atoms with Crippen LogP contribution in [0.15, 0.2) is 180 Å². The van der Waals surface area contributed by atoms with Crippen LogP contribution in [-0.4, -0.2) is 0 Å². The number of anilines is 3. The van der Waals surface area contributed by atoms with Gasteiger partial charge in [0.2, 0.25) is 0 Å². The Labute approximate surface area is 280 Å². The second-order valence-corrected chi connectivity index (χ2v) is 11.1. The lowest BCUT2D eigenvalue weighted by Crippen LogP contribution is -2.11. The summed E-state index contributed by atoms with van der Waals surface area (Å²) in [7, 11) is 0. The maximum Gasteiger partial charge on any atom is 0.136 e. The van der Waals surface area contributed by atoms with Gasteiger partial charge in [0.15, 0.2) is 0 Å². The predicted octanol–water partition coefficient (Wildman–Crippen LogP) is 12.7. The fourth-order valence-corrected chi connectivity index (χ4v) is 6.32. The van der Waals surface area contributed by atoms with Crippen LogP contribution < -0.4 is 4.90 Å². The van der Waals surface area contributed by atoms with Gasteiger partial charge in [-0.05, 0) is 75.3 Å². The van der Waals surface area contributed by atoms with Crippen molar-refractivity contribution in [3.05, 3.63) is 176 Å². The van der Waals surface area contributed by atoms with Crippen LogP contribution in [-0.2, 0) is 0 Å². The van der Waals surface area contributed by atoms with Gasteiger partial charge in [0.25, 0.3) is 0 Å². The van der Waals surface area contributed by atoms with Gasteiger partial charge in [-0.1, -0.05) is 133 Å². The van der Waals surface area contributed by atoms with E-state index in [-0.39, 0.29) is 11.3 Å². The van der Waals surface area contributed by atoms with E-state index in [1.165, 1.54) is 0 Å². The lowest BCUT2D eigenvalue weighted by Gasteiger charge is -2.29. The van der Waals surface area contributed by atoms with Crippen LogP contribution in [0.4, 0.5) is 17.1 Å². The van der Waals surface area contributed by atoms with Gasteiger partial charge in [-0.2, -0.15) is 0 Å². The fraction of sp³-hybridized carbons (Fsp3) is 0. The van der Waals surface area contributed by atoms with Crippen LogP contribution in [0.1, 0.15) is 12.3 Å². The Hall–Kier alpha value is -6.12. The summed E-state index contributed by atoms with van der Waals surface area (Å²) in [5, 5.41) is 5.59. The molecule has 0 N–H and O–H groups in total. The second kappa shape index (κ2) is 10.8. The van der Waals surface area contributed by atoms with Crippen LogP contribution in [0.2, 0.25) is 0 Å². The molecule has 1 heterocycles. The van der Waals surface area contributed by atoms with Crippen molar-refractivity contribution in [3.8, 4) is 22.3 Å². The maximum absolute atomic E-state index is 9.52. The first kappa shape index (κ1) is 18.6. The Balaban J connectivity index is 1.37. The van der Waals surface area contributed by atoms with Crippen LogP contribution in [0.25, 0.3) is 65.7 Å². The molecule has 0 aliphatic rings. The first-order valence-corrected chi connectivity index (χ1v) is 15.0. The third-order valence-corrected chi connectivity index (χ3v) is 8.39. The van der Waals surface area contributed by atoms with Gasteiger partial charge in [0.1, 0.15) is 11.2 Å². The van der Waals surface area contributed by atoms with Gasteiger partial charge in [0.05, 0.1) is 23.7 Å². The molecule has 0 aliphatic heterocycles. The summed E-state index contributed by atoms with van der Waals surface area (Å²) in [5.74, 6) is 0. The van der Waals surface area contributed by atoms with Crippen molar-refractivity contribution in [2.45, 2.75) is 0 Å². The topological polar surface area (TPSA) is 16.4 Å². The van der Waals surface area contributed by atoms with Crippen molar-refractivity contribution in [2.24, 2.45) is 0 Å². The third kappa shape index (κ3) is 4.35. The lowest BCUT2D eigenvalue weighted by atomic mass is 9.95. The summed E-state index contributed by atoms with van der Waals surface area (Å²) in [4.78, 5) is 1.74.